The first-order chi connectivity index (χ1) is 14.5. The van der Waals surface area contributed by atoms with Gasteiger partial charge >= 0.3 is 5.97 Å². The van der Waals surface area contributed by atoms with E-state index < -0.39 is 0 Å². The number of thiophene rings is 1. The van der Waals surface area contributed by atoms with Crippen LogP contribution < -0.4 is 14.8 Å². The molecule has 0 radical (unpaired) electrons. The summed E-state index contributed by atoms with van der Waals surface area (Å²) in [5.74, 6) is 1.15. The number of carbonyl (C=O) groups excluding carboxylic acids is 2. The topological polar surface area (TPSA) is 73.9 Å². The molecule has 160 valence electrons. The summed E-state index contributed by atoms with van der Waals surface area (Å²) >= 11 is 1.47. The average molecular weight is 430 g/mol. The molecule has 0 bridgehead atoms. The fourth-order valence-corrected chi connectivity index (χ4v) is 4.93. The van der Waals surface area contributed by atoms with Crippen LogP contribution in [0.3, 0.4) is 0 Å². The van der Waals surface area contributed by atoms with E-state index in [0.717, 1.165) is 35.3 Å². The van der Waals surface area contributed by atoms with Crippen LogP contribution in [0.2, 0.25) is 0 Å². The Morgan fingerprint density at radius 3 is 2.77 bits per heavy atom. The molecule has 0 saturated heterocycles. The molecule has 1 aromatic carbocycles. The van der Waals surface area contributed by atoms with Gasteiger partial charge in [-0.1, -0.05) is 6.92 Å². The first kappa shape index (κ1) is 21.9. The standard InChI is InChI=1S/C23H27NO5S/c1-5-29-23(26)21-17-10-6-14(2)12-19(17)30-22(21)24-20(25)11-8-15-7-9-16(27-3)13-18(15)28-4/h7-9,11,13-14H,5-6,10,12H2,1-4H3,(H,24,25)/b11-8+. The highest BCUT2D eigenvalue weighted by molar-refractivity contribution is 7.17. The van der Waals surface area contributed by atoms with E-state index in [4.69, 9.17) is 14.2 Å². The van der Waals surface area contributed by atoms with Crippen molar-refractivity contribution < 1.29 is 23.8 Å². The van der Waals surface area contributed by atoms with Crippen LogP contribution >= 0.6 is 11.3 Å². The lowest BCUT2D eigenvalue weighted by molar-refractivity contribution is -0.111. The second kappa shape index (κ2) is 9.80. The molecule has 1 heterocycles. The van der Waals surface area contributed by atoms with Crippen LogP contribution in [0, 0.1) is 5.92 Å². The van der Waals surface area contributed by atoms with Crippen LogP contribution in [0.1, 0.15) is 46.6 Å². The maximum atomic E-state index is 12.6. The molecule has 1 N–H and O–H groups in total. The Kier molecular flexibility index (Phi) is 7.15. The minimum atomic E-state index is -0.374. The van der Waals surface area contributed by atoms with E-state index in [1.165, 1.54) is 17.4 Å². The normalized spacial score (nSPS) is 15.5. The Balaban J connectivity index is 1.83. The molecular formula is C23H27NO5S. The summed E-state index contributed by atoms with van der Waals surface area (Å²) in [6.07, 6.45) is 5.88. The Morgan fingerprint density at radius 1 is 1.27 bits per heavy atom. The Morgan fingerprint density at radius 2 is 2.07 bits per heavy atom. The number of ether oxygens (including phenoxy) is 3. The lowest BCUT2D eigenvalue weighted by atomic mass is 9.88. The van der Waals surface area contributed by atoms with E-state index in [1.807, 2.05) is 6.07 Å². The zero-order chi connectivity index (χ0) is 21.7. The number of amides is 1. The van der Waals surface area contributed by atoms with Gasteiger partial charge in [0, 0.05) is 22.6 Å². The first-order valence-electron chi connectivity index (χ1n) is 9.99. The van der Waals surface area contributed by atoms with Gasteiger partial charge < -0.3 is 19.5 Å². The fourth-order valence-electron chi connectivity index (χ4n) is 3.53. The fraction of sp³-hybridized carbons (Fsp3) is 0.391. The molecule has 1 unspecified atom stereocenters. The molecule has 0 saturated carbocycles. The number of methoxy groups -OCH3 is 2. The first-order valence-corrected chi connectivity index (χ1v) is 10.8. The minimum Gasteiger partial charge on any atom is -0.497 e. The van der Waals surface area contributed by atoms with Crippen molar-refractivity contribution >= 4 is 34.3 Å². The number of anilines is 1. The van der Waals surface area contributed by atoms with Crippen molar-refractivity contribution in [1.82, 2.24) is 0 Å². The minimum absolute atomic E-state index is 0.296. The maximum Gasteiger partial charge on any atom is 0.341 e. The van der Waals surface area contributed by atoms with Crippen LogP contribution in [0.5, 0.6) is 11.5 Å². The van der Waals surface area contributed by atoms with Gasteiger partial charge in [0.2, 0.25) is 5.91 Å². The summed E-state index contributed by atoms with van der Waals surface area (Å²) < 4.78 is 15.8. The largest absolute Gasteiger partial charge is 0.497 e. The maximum absolute atomic E-state index is 12.6. The number of hydrogen-bond donors (Lipinski definition) is 1. The molecule has 0 fully saturated rings. The molecule has 1 aliphatic carbocycles. The highest BCUT2D eigenvalue weighted by atomic mass is 32.1. The van der Waals surface area contributed by atoms with E-state index in [9.17, 15) is 9.59 Å². The van der Waals surface area contributed by atoms with Crippen molar-refractivity contribution in [3.8, 4) is 11.5 Å². The zero-order valence-corrected chi connectivity index (χ0v) is 18.6. The van der Waals surface area contributed by atoms with Gasteiger partial charge in [-0.25, -0.2) is 4.79 Å². The zero-order valence-electron chi connectivity index (χ0n) is 17.7. The number of carbonyl (C=O) groups is 2. The molecule has 3 rings (SSSR count). The third kappa shape index (κ3) is 4.84. The Labute approximate surface area is 180 Å². The van der Waals surface area contributed by atoms with Crippen molar-refractivity contribution in [2.24, 2.45) is 5.92 Å². The highest BCUT2D eigenvalue weighted by Crippen LogP contribution is 2.40. The second-order valence-corrected chi connectivity index (χ2v) is 8.31. The molecule has 0 aliphatic heterocycles. The number of esters is 1. The third-order valence-electron chi connectivity index (χ3n) is 5.08. The second-order valence-electron chi connectivity index (χ2n) is 7.21. The smallest absolute Gasteiger partial charge is 0.341 e. The van der Waals surface area contributed by atoms with Gasteiger partial charge in [-0.3, -0.25) is 4.79 Å². The van der Waals surface area contributed by atoms with Crippen LogP contribution in [0.15, 0.2) is 24.3 Å². The van der Waals surface area contributed by atoms with Gasteiger partial charge in [0.05, 0.1) is 26.4 Å². The van der Waals surface area contributed by atoms with Crippen molar-refractivity contribution in [3.05, 3.63) is 45.8 Å². The van der Waals surface area contributed by atoms with Gasteiger partial charge in [0.15, 0.2) is 0 Å². The average Bonchev–Trinajstić information content (AvgIpc) is 3.08. The van der Waals surface area contributed by atoms with Crippen molar-refractivity contribution in [2.75, 3.05) is 26.1 Å². The molecule has 7 heteroatoms. The van der Waals surface area contributed by atoms with Crippen LogP contribution in [-0.4, -0.2) is 32.7 Å². The predicted molar refractivity (Wildman–Crippen MR) is 119 cm³/mol. The molecule has 0 spiro atoms. The number of fused-ring (bicyclic) bond motifs is 1. The van der Waals surface area contributed by atoms with Crippen molar-refractivity contribution in [1.29, 1.82) is 0 Å². The van der Waals surface area contributed by atoms with Crippen molar-refractivity contribution in [2.45, 2.75) is 33.1 Å². The summed E-state index contributed by atoms with van der Waals surface area (Å²) in [6.45, 7) is 4.28. The Hall–Kier alpha value is -2.80. The number of rotatable bonds is 7. The molecule has 1 aromatic heterocycles. The number of hydrogen-bond acceptors (Lipinski definition) is 6. The molecule has 2 aromatic rings. The highest BCUT2D eigenvalue weighted by Gasteiger charge is 2.28. The van der Waals surface area contributed by atoms with E-state index in [-0.39, 0.29) is 11.9 Å². The molecule has 6 nitrogen and oxygen atoms in total. The van der Waals surface area contributed by atoms with Crippen LogP contribution in [0.4, 0.5) is 5.00 Å². The van der Waals surface area contributed by atoms with E-state index >= 15 is 0 Å². The van der Waals surface area contributed by atoms with E-state index in [1.54, 1.807) is 39.4 Å². The predicted octanol–water partition coefficient (Wildman–Crippen LogP) is 4.72. The van der Waals surface area contributed by atoms with E-state index in [2.05, 4.69) is 12.2 Å². The molecule has 1 amide bonds. The molecule has 1 aliphatic rings. The monoisotopic (exact) mass is 429 g/mol. The lowest BCUT2D eigenvalue weighted by Crippen LogP contribution is -2.15. The van der Waals surface area contributed by atoms with Crippen LogP contribution in [0.25, 0.3) is 6.08 Å². The van der Waals surface area contributed by atoms with Gasteiger partial charge in [-0.15, -0.1) is 11.3 Å². The van der Waals surface area contributed by atoms with Gasteiger partial charge in [-0.2, -0.15) is 0 Å². The summed E-state index contributed by atoms with van der Waals surface area (Å²) in [5.41, 5.74) is 2.28. The third-order valence-corrected chi connectivity index (χ3v) is 6.25. The van der Waals surface area contributed by atoms with Gasteiger partial charge in [0.25, 0.3) is 0 Å². The molecule has 30 heavy (non-hydrogen) atoms. The summed E-state index contributed by atoms with van der Waals surface area (Å²) in [4.78, 5) is 26.3. The van der Waals surface area contributed by atoms with Gasteiger partial charge in [0.1, 0.15) is 16.5 Å². The lowest BCUT2D eigenvalue weighted by Gasteiger charge is -2.18. The van der Waals surface area contributed by atoms with Crippen molar-refractivity contribution in [3.63, 3.8) is 0 Å². The van der Waals surface area contributed by atoms with Gasteiger partial charge in [-0.05, 0) is 55.9 Å². The summed E-state index contributed by atoms with van der Waals surface area (Å²) in [5, 5.41) is 3.44. The Bertz CT molecular complexity index is 963. The summed E-state index contributed by atoms with van der Waals surface area (Å²) in [7, 11) is 3.15. The quantitative estimate of drug-likeness (QED) is 0.509. The van der Waals surface area contributed by atoms with Crippen LogP contribution in [-0.2, 0) is 22.4 Å². The SMILES string of the molecule is CCOC(=O)c1c(NC(=O)/C=C/c2ccc(OC)cc2OC)sc2c1CCC(C)C2. The molecule has 1 atom stereocenters. The number of nitrogens with one attached hydrogen (secondary N) is 1. The number of benzene rings is 1. The van der Waals surface area contributed by atoms with E-state index in [0.29, 0.717) is 34.6 Å². The molecular weight excluding hydrogens is 402 g/mol. The summed E-state index contributed by atoms with van der Waals surface area (Å²) in [6, 6.07) is 5.37.